The van der Waals surface area contributed by atoms with Crippen LogP contribution in [0.4, 0.5) is 14.9 Å². The molecular weight excluding hydrogens is 307 g/mol. The van der Waals surface area contributed by atoms with Crippen LogP contribution in [0.25, 0.3) is 11.0 Å². The van der Waals surface area contributed by atoms with Crippen molar-refractivity contribution in [2.45, 2.75) is 12.8 Å². The van der Waals surface area contributed by atoms with Crippen molar-refractivity contribution in [2.24, 2.45) is 0 Å². The van der Waals surface area contributed by atoms with Crippen molar-refractivity contribution < 1.29 is 13.6 Å². The Bertz CT molecular complexity index is 913. The van der Waals surface area contributed by atoms with Crippen LogP contribution >= 0.6 is 0 Å². The van der Waals surface area contributed by atoms with E-state index in [9.17, 15) is 9.18 Å². The first-order valence-electron chi connectivity index (χ1n) is 7.89. The predicted molar refractivity (Wildman–Crippen MR) is 90.7 cm³/mol. The standard InChI is InChI=1S/C19H17FN2O2/c1-12-11-24-18-6-5-16(8-17(12)18)21-19(23)22-9-14(10-22)13-3-2-4-15(20)7-13/h2-8,11,14H,9-10H2,1H3,(H,21,23). The molecule has 4 rings (SSSR count). The van der Waals surface area contributed by atoms with Crippen LogP contribution in [0, 0.1) is 12.7 Å². The van der Waals surface area contributed by atoms with E-state index in [4.69, 9.17) is 4.42 Å². The number of nitrogens with zero attached hydrogens (tertiary/aromatic N) is 1. The molecule has 0 saturated carbocycles. The third kappa shape index (κ3) is 2.62. The molecule has 0 atom stereocenters. The molecule has 1 fully saturated rings. The van der Waals surface area contributed by atoms with Crippen LogP contribution in [0.5, 0.6) is 0 Å². The topological polar surface area (TPSA) is 45.5 Å². The second kappa shape index (κ2) is 5.67. The number of likely N-dealkylation sites (tertiary alicyclic amines) is 1. The quantitative estimate of drug-likeness (QED) is 0.754. The molecule has 1 aliphatic rings. The summed E-state index contributed by atoms with van der Waals surface area (Å²) < 4.78 is 18.7. The number of urea groups is 1. The van der Waals surface area contributed by atoms with Crippen LogP contribution in [0.15, 0.2) is 53.1 Å². The Balaban J connectivity index is 1.41. The van der Waals surface area contributed by atoms with Crippen LogP contribution in [-0.4, -0.2) is 24.0 Å². The number of anilines is 1. The van der Waals surface area contributed by atoms with E-state index in [0.29, 0.717) is 13.1 Å². The fourth-order valence-corrected chi connectivity index (χ4v) is 3.05. The lowest BCUT2D eigenvalue weighted by atomic mass is 9.92. The van der Waals surface area contributed by atoms with Crippen molar-refractivity contribution in [3.05, 3.63) is 65.7 Å². The van der Waals surface area contributed by atoms with Gasteiger partial charge in [-0.25, -0.2) is 9.18 Å². The summed E-state index contributed by atoms with van der Waals surface area (Å²) in [5, 5.41) is 3.90. The highest BCUT2D eigenvalue weighted by molar-refractivity contribution is 5.93. The summed E-state index contributed by atoms with van der Waals surface area (Å²) >= 11 is 0. The number of amides is 2. The number of hydrogen-bond acceptors (Lipinski definition) is 2. The Hall–Kier alpha value is -2.82. The number of fused-ring (bicyclic) bond motifs is 1. The summed E-state index contributed by atoms with van der Waals surface area (Å²) in [6.07, 6.45) is 1.70. The molecule has 2 heterocycles. The highest BCUT2D eigenvalue weighted by Gasteiger charge is 2.31. The molecule has 24 heavy (non-hydrogen) atoms. The monoisotopic (exact) mass is 324 g/mol. The van der Waals surface area contributed by atoms with Gasteiger partial charge in [-0.1, -0.05) is 12.1 Å². The van der Waals surface area contributed by atoms with Crippen LogP contribution < -0.4 is 5.32 Å². The van der Waals surface area contributed by atoms with Gasteiger partial charge in [0.1, 0.15) is 11.4 Å². The number of furan rings is 1. The minimum Gasteiger partial charge on any atom is -0.464 e. The van der Waals surface area contributed by atoms with Crippen LogP contribution in [-0.2, 0) is 0 Å². The predicted octanol–water partition coefficient (Wildman–Crippen LogP) is 4.51. The van der Waals surface area contributed by atoms with Crippen LogP contribution in [0.1, 0.15) is 17.0 Å². The molecule has 4 nitrogen and oxygen atoms in total. The van der Waals surface area contributed by atoms with Crippen molar-refractivity contribution in [3.63, 3.8) is 0 Å². The van der Waals surface area contributed by atoms with Gasteiger partial charge in [-0.2, -0.15) is 0 Å². The van der Waals surface area contributed by atoms with Gasteiger partial charge in [0.2, 0.25) is 0 Å². The molecule has 2 aromatic carbocycles. The van der Waals surface area contributed by atoms with Gasteiger partial charge in [-0.15, -0.1) is 0 Å². The zero-order valence-electron chi connectivity index (χ0n) is 13.3. The molecule has 1 aromatic heterocycles. The Labute approximate surface area is 138 Å². The van der Waals surface area contributed by atoms with Crippen molar-refractivity contribution in [3.8, 4) is 0 Å². The molecule has 0 spiro atoms. The Morgan fingerprint density at radius 1 is 1.25 bits per heavy atom. The van der Waals surface area contributed by atoms with E-state index in [0.717, 1.165) is 27.8 Å². The highest BCUT2D eigenvalue weighted by atomic mass is 19.1. The van der Waals surface area contributed by atoms with E-state index >= 15 is 0 Å². The normalized spacial score (nSPS) is 14.7. The first-order chi connectivity index (χ1) is 11.6. The SMILES string of the molecule is Cc1coc2ccc(NC(=O)N3CC(c4cccc(F)c4)C3)cc12. The molecule has 1 aliphatic heterocycles. The smallest absolute Gasteiger partial charge is 0.321 e. The summed E-state index contributed by atoms with van der Waals surface area (Å²) in [5.74, 6) is -0.0377. The maximum Gasteiger partial charge on any atom is 0.321 e. The Kier molecular flexibility index (Phi) is 3.49. The first kappa shape index (κ1) is 14.8. The number of aryl methyl sites for hydroxylation is 1. The number of halogens is 1. The third-order valence-corrected chi connectivity index (χ3v) is 4.51. The second-order valence-corrected chi connectivity index (χ2v) is 6.22. The molecule has 2 amide bonds. The lowest BCUT2D eigenvalue weighted by Gasteiger charge is -2.39. The highest BCUT2D eigenvalue weighted by Crippen LogP contribution is 2.29. The number of rotatable bonds is 2. The molecule has 1 saturated heterocycles. The van der Waals surface area contributed by atoms with Gasteiger partial charge in [-0.05, 0) is 48.4 Å². The van der Waals surface area contributed by atoms with Crippen molar-refractivity contribution in [1.29, 1.82) is 0 Å². The van der Waals surface area contributed by atoms with Crippen LogP contribution in [0.2, 0.25) is 0 Å². The maximum atomic E-state index is 13.3. The molecule has 0 aliphatic carbocycles. The van der Waals surface area contributed by atoms with Gasteiger partial charge in [0.05, 0.1) is 6.26 Å². The van der Waals surface area contributed by atoms with Gasteiger partial charge in [0.25, 0.3) is 0 Å². The average molecular weight is 324 g/mol. The van der Waals surface area contributed by atoms with E-state index < -0.39 is 0 Å². The number of nitrogens with one attached hydrogen (secondary N) is 1. The van der Waals surface area contributed by atoms with Gasteiger partial charge in [0, 0.05) is 30.1 Å². The number of carbonyl (C=O) groups excluding carboxylic acids is 1. The third-order valence-electron chi connectivity index (χ3n) is 4.51. The molecule has 0 radical (unpaired) electrons. The second-order valence-electron chi connectivity index (χ2n) is 6.22. The van der Waals surface area contributed by atoms with Crippen molar-refractivity contribution in [2.75, 3.05) is 18.4 Å². The van der Waals surface area contributed by atoms with E-state index in [-0.39, 0.29) is 17.8 Å². The summed E-state index contributed by atoms with van der Waals surface area (Å²) in [7, 11) is 0. The van der Waals surface area contributed by atoms with E-state index in [1.807, 2.05) is 31.2 Å². The Morgan fingerprint density at radius 2 is 2.08 bits per heavy atom. The molecule has 5 heteroatoms. The van der Waals surface area contributed by atoms with Crippen molar-refractivity contribution >= 4 is 22.7 Å². The van der Waals surface area contributed by atoms with Gasteiger partial charge in [-0.3, -0.25) is 0 Å². The summed E-state index contributed by atoms with van der Waals surface area (Å²) in [6.45, 7) is 3.17. The molecule has 0 unspecified atom stereocenters. The molecular formula is C19H17FN2O2. The lowest BCUT2D eigenvalue weighted by Crippen LogP contribution is -2.50. The van der Waals surface area contributed by atoms with E-state index in [1.54, 1.807) is 17.2 Å². The van der Waals surface area contributed by atoms with Crippen LogP contribution in [0.3, 0.4) is 0 Å². The molecule has 122 valence electrons. The number of hydrogen-bond donors (Lipinski definition) is 1. The van der Waals surface area contributed by atoms with Gasteiger partial charge < -0.3 is 14.6 Å². The molecule has 3 aromatic rings. The molecule has 0 bridgehead atoms. The minimum absolute atomic E-state index is 0.136. The van der Waals surface area contributed by atoms with Gasteiger partial charge in [0.15, 0.2) is 0 Å². The number of benzene rings is 2. The largest absolute Gasteiger partial charge is 0.464 e. The van der Waals surface area contributed by atoms with E-state index in [2.05, 4.69) is 5.32 Å². The van der Waals surface area contributed by atoms with Gasteiger partial charge >= 0.3 is 6.03 Å². The molecule has 1 N–H and O–H groups in total. The Morgan fingerprint density at radius 3 is 2.88 bits per heavy atom. The minimum atomic E-state index is -0.237. The zero-order chi connectivity index (χ0) is 16.7. The summed E-state index contributed by atoms with van der Waals surface area (Å²) in [6, 6.07) is 12.0. The van der Waals surface area contributed by atoms with Crippen molar-refractivity contribution in [1.82, 2.24) is 4.90 Å². The number of carbonyl (C=O) groups is 1. The summed E-state index contributed by atoms with van der Waals surface area (Å²) in [4.78, 5) is 14.0. The zero-order valence-corrected chi connectivity index (χ0v) is 13.3. The lowest BCUT2D eigenvalue weighted by molar-refractivity contribution is 0.164. The summed E-state index contributed by atoms with van der Waals surface area (Å²) in [5.41, 5.74) is 3.53. The fourth-order valence-electron chi connectivity index (χ4n) is 3.05. The fraction of sp³-hybridized carbons (Fsp3) is 0.211. The maximum absolute atomic E-state index is 13.3. The average Bonchev–Trinajstić information content (AvgIpc) is 2.87. The first-order valence-corrected chi connectivity index (χ1v) is 7.89. The van der Waals surface area contributed by atoms with E-state index in [1.165, 1.54) is 12.1 Å².